The third-order valence-corrected chi connectivity index (χ3v) is 2.29. The van der Waals surface area contributed by atoms with E-state index in [0.29, 0.717) is 25.3 Å². The van der Waals surface area contributed by atoms with Crippen molar-refractivity contribution in [3.05, 3.63) is 23.8 Å². The number of phenols is 2. The smallest absolute Gasteiger partial charge is 0.161 e. The number of phenolic OH excluding ortho intramolecular Hbond substituents is 2. The van der Waals surface area contributed by atoms with E-state index < -0.39 is 0 Å². The van der Waals surface area contributed by atoms with E-state index in [1.165, 1.54) is 6.07 Å². The molecule has 96 valence electrons. The molecule has 1 rings (SSSR count). The summed E-state index contributed by atoms with van der Waals surface area (Å²) >= 11 is 0. The molecule has 0 unspecified atom stereocenters. The molecule has 0 atom stereocenters. The fourth-order valence-electron chi connectivity index (χ4n) is 1.41. The molecular weight excluding hydrogens is 222 g/mol. The third kappa shape index (κ3) is 5.04. The Morgan fingerprint density at radius 1 is 1.18 bits per heavy atom. The van der Waals surface area contributed by atoms with Gasteiger partial charge >= 0.3 is 0 Å². The van der Waals surface area contributed by atoms with Crippen molar-refractivity contribution < 1.29 is 20.1 Å². The highest BCUT2D eigenvalue weighted by Crippen LogP contribution is 2.27. The summed E-state index contributed by atoms with van der Waals surface area (Å²) in [5.41, 5.74) is 0.668. The summed E-state index contributed by atoms with van der Waals surface area (Å²) in [7, 11) is 0. The van der Waals surface area contributed by atoms with Crippen LogP contribution in [0.1, 0.15) is 12.0 Å². The Morgan fingerprint density at radius 3 is 2.76 bits per heavy atom. The van der Waals surface area contributed by atoms with Crippen LogP contribution in [0.15, 0.2) is 18.2 Å². The van der Waals surface area contributed by atoms with Crippen molar-refractivity contribution in [1.82, 2.24) is 5.32 Å². The number of aromatic hydroxyl groups is 2. The highest BCUT2D eigenvalue weighted by Gasteiger charge is 2.04. The largest absolute Gasteiger partial charge is 0.504 e. The maximum atomic E-state index is 9.53. The van der Waals surface area contributed by atoms with Gasteiger partial charge in [-0.25, -0.2) is 0 Å². The molecule has 0 aliphatic rings. The first kappa shape index (κ1) is 13.8. The van der Waals surface area contributed by atoms with Gasteiger partial charge in [-0.2, -0.15) is 0 Å². The lowest BCUT2D eigenvalue weighted by atomic mass is 10.2. The zero-order chi connectivity index (χ0) is 12.5. The molecule has 0 aromatic heterocycles. The second kappa shape index (κ2) is 7.89. The molecule has 0 fully saturated rings. The number of rotatable bonds is 8. The van der Waals surface area contributed by atoms with Crippen molar-refractivity contribution in [3.8, 4) is 11.5 Å². The molecule has 0 aliphatic heterocycles. The Labute approximate surface area is 101 Å². The van der Waals surface area contributed by atoms with Crippen molar-refractivity contribution >= 4 is 0 Å². The Hall–Kier alpha value is -1.30. The van der Waals surface area contributed by atoms with Gasteiger partial charge in [-0.3, -0.25) is 0 Å². The van der Waals surface area contributed by atoms with E-state index >= 15 is 0 Å². The topological polar surface area (TPSA) is 82.0 Å². The zero-order valence-corrected chi connectivity index (χ0v) is 9.72. The molecule has 0 amide bonds. The Balaban J connectivity index is 2.16. The highest BCUT2D eigenvalue weighted by atomic mass is 16.5. The maximum Gasteiger partial charge on any atom is 0.161 e. The first-order valence-corrected chi connectivity index (χ1v) is 5.65. The van der Waals surface area contributed by atoms with E-state index in [1.54, 1.807) is 12.1 Å². The first-order chi connectivity index (χ1) is 8.25. The van der Waals surface area contributed by atoms with E-state index in [-0.39, 0.29) is 18.1 Å². The number of aliphatic hydroxyl groups excluding tert-OH is 1. The molecule has 0 spiro atoms. The van der Waals surface area contributed by atoms with E-state index in [1.807, 2.05) is 0 Å². The minimum Gasteiger partial charge on any atom is -0.504 e. The molecule has 17 heavy (non-hydrogen) atoms. The Bertz CT molecular complexity index is 330. The predicted molar refractivity (Wildman–Crippen MR) is 64.0 cm³/mol. The summed E-state index contributed by atoms with van der Waals surface area (Å²) in [6, 6.07) is 4.89. The van der Waals surface area contributed by atoms with Gasteiger partial charge in [-0.05, 0) is 19.0 Å². The summed E-state index contributed by atoms with van der Waals surface area (Å²) in [4.78, 5) is 0. The second-order valence-corrected chi connectivity index (χ2v) is 3.65. The normalized spacial score (nSPS) is 10.6. The van der Waals surface area contributed by atoms with Crippen LogP contribution in [0, 0.1) is 0 Å². The number of ether oxygens (including phenoxy) is 1. The van der Waals surface area contributed by atoms with Crippen molar-refractivity contribution in [2.45, 2.75) is 13.0 Å². The SMILES string of the molecule is OCCOCCCNCc1cccc(O)c1O. The third-order valence-electron chi connectivity index (χ3n) is 2.29. The van der Waals surface area contributed by atoms with Crippen LogP contribution < -0.4 is 5.32 Å². The van der Waals surface area contributed by atoms with Gasteiger partial charge in [0.2, 0.25) is 0 Å². The van der Waals surface area contributed by atoms with Gasteiger partial charge in [0.1, 0.15) is 0 Å². The van der Waals surface area contributed by atoms with Crippen LogP contribution >= 0.6 is 0 Å². The number of benzene rings is 1. The Morgan fingerprint density at radius 2 is 2.00 bits per heavy atom. The van der Waals surface area contributed by atoms with E-state index in [2.05, 4.69) is 5.32 Å². The number of hydrogen-bond acceptors (Lipinski definition) is 5. The maximum absolute atomic E-state index is 9.53. The van der Waals surface area contributed by atoms with Crippen LogP contribution in [-0.4, -0.2) is 41.7 Å². The lowest BCUT2D eigenvalue weighted by molar-refractivity contribution is 0.0907. The van der Waals surface area contributed by atoms with Crippen molar-refractivity contribution in [3.63, 3.8) is 0 Å². The molecule has 0 bridgehead atoms. The van der Waals surface area contributed by atoms with Crippen LogP contribution in [0.25, 0.3) is 0 Å². The Kier molecular flexibility index (Phi) is 6.39. The van der Waals surface area contributed by atoms with Crippen LogP contribution in [-0.2, 0) is 11.3 Å². The van der Waals surface area contributed by atoms with Crippen LogP contribution in [0.2, 0.25) is 0 Å². The average molecular weight is 241 g/mol. The van der Waals surface area contributed by atoms with Crippen LogP contribution in [0.4, 0.5) is 0 Å². The number of nitrogens with one attached hydrogen (secondary N) is 1. The van der Waals surface area contributed by atoms with Gasteiger partial charge in [0.25, 0.3) is 0 Å². The highest BCUT2D eigenvalue weighted by molar-refractivity contribution is 5.44. The molecule has 0 aliphatic carbocycles. The zero-order valence-electron chi connectivity index (χ0n) is 9.72. The molecule has 4 N–H and O–H groups in total. The number of aliphatic hydroxyl groups is 1. The fourth-order valence-corrected chi connectivity index (χ4v) is 1.41. The molecular formula is C12H19NO4. The van der Waals surface area contributed by atoms with Gasteiger partial charge in [0, 0.05) is 18.7 Å². The van der Waals surface area contributed by atoms with E-state index in [9.17, 15) is 10.2 Å². The van der Waals surface area contributed by atoms with Crippen molar-refractivity contribution in [1.29, 1.82) is 0 Å². The van der Waals surface area contributed by atoms with Crippen LogP contribution in [0.3, 0.4) is 0 Å². The van der Waals surface area contributed by atoms with Crippen molar-refractivity contribution in [2.24, 2.45) is 0 Å². The van der Waals surface area contributed by atoms with Crippen LogP contribution in [0.5, 0.6) is 11.5 Å². The van der Waals surface area contributed by atoms with E-state index in [0.717, 1.165) is 13.0 Å². The molecule has 5 heteroatoms. The molecule has 1 aromatic rings. The average Bonchev–Trinajstić information content (AvgIpc) is 2.33. The summed E-state index contributed by atoms with van der Waals surface area (Å²) in [6.07, 6.45) is 0.833. The molecule has 0 radical (unpaired) electrons. The summed E-state index contributed by atoms with van der Waals surface area (Å²) in [5.74, 6) is -0.174. The number of hydrogen-bond donors (Lipinski definition) is 4. The predicted octanol–water partition coefficient (Wildman–Crippen LogP) is 0.586. The fraction of sp³-hybridized carbons (Fsp3) is 0.500. The van der Waals surface area contributed by atoms with Gasteiger partial charge in [0.05, 0.1) is 13.2 Å². The van der Waals surface area contributed by atoms with Crippen molar-refractivity contribution in [2.75, 3.05) is 26.4 Å². The molecule has 0 heterocycles. The monoisotopic (exact) mass is 241 g/mol. The quantitative estimate of drug-likeness (QED) is 0.395. The van der Waals surface area contributed by atoms with Gasteiger partial charge < -0.3 is 25.4 Å². The van der Waals surface area contributed by atoms with Gasteiger partial charge in [-0.1, -0.05) is 12.1 Å². The first-order valence-electron chi connectivity index (χ1n) is 5.65. The van der Waals surface area contributed by atoms with E-state index in [4.69, 9.17) is 9.84 Å². The minimum atomic E-state index is -0.101. The number of para-hydroxylation sites is 1. The summed E-state index contributed by atoms with van der Waals surface area (Å²) in [5, 5.41) is 30.4. The standard InChI is InChI=1S/C12H19NO4/c14-6-8-17-7-2-5-13-9-10-3-1-4-11(15)12(10)16/h1,3-4,13-16H,2,5-9H2. The molecule has 1 aromatic carbocycles. The molecule has 0 saturated carbocycles. The summed E-state index contributed by atoms with van der Waals surface area (Å²) < 4.78 is 5.10. The molecule has 0 saturated heterocycles. The minimum absolute atomic E-state index is 0.0462. The summed E-state index contributed by atoms with van der Waals surface area (Å²) in [6.45, 7) is 2.26. The second-order valence-electron chi connectivity index (χ2n) is 3.65. The van der Waals surface area contributed by atoms with Gasteiger partial charge in [-0.15, -0.1) is 0 Å². The molecule has 5 nitrogen and oxygen atoms in total. The van der Waals surface area contributed by atoms with Gasteiger partial charge in [0.15, 0.2) is 11.5 Å². The lowest BCUT2D eigenvalue weighted by Crippen LogP contribution is -2.16. The lowest BCUT2D eigenvalue weighted by Gasteiger charge is -2.08.